The summed E-state index contributed by atoms with van der Waals surface area (Å²) in [5.41, 5.74) is 0.943. The second kappa shape index (κ2) is 5.88. The summed E-state index contributed by atoms with van der Waals surface area (Å²) in [6.07, 6.45) is 5.68. The Bertz CT molecular complexity index is 555. The smallest absolute Gasteiger partial charge is 0.339 e. The van der Waals surface area contributed by atoms with Gasteiger partial charge in [0.05, 0.1) is 18.4 Å². The number of hydrogen-bond acceptors (Lipinski definition) is 3. The van der Waals surface area contributed by atoms with E-state index in [2.05, 4.69) is 5.32 Å². The van der Waals surface area contributed by atoms with E-state index in [-0.39, 0.29) is 5.91 Å². The van der Waals surface area contributed by atoms with Crippen LogP contribution in [0.1, 0.15) is 42.5 Å². The third-order valence-electron chi connectivity index (χ3n) is 4.94. The largest absolute Gasteiger partial charge is 0.465 e. The second-order valence-corrected chi connectivity index (χ2v) is 6.22. The lowest BCUT2D eigenvalue weighted by molar-refractivity contribution is -0.117. The number of ether oxygens (including phenoxy) is 1. The zero-order valence-corrected chi connectivity index (χ0v) is 12.3. The van der Waals surface area contributed by atoms with Crippen LogP contribution in [-0.2, 0) is 9.53 Å². The van der Waals surface area contributed by atoms with Crippen LogP contribution in [0.4, 0.5) is 5.69 Å². The van der Waals surface area contributed by atoms with Crippen molar-refractivity contribution in [2.75, 3.05) is 12.4 Å². The minimum atomic E-state index is -0.425. The van der Waals surface area contributed by atoms with Gasteiger partial charge in [-0.15, -0.1) is 0 Å². The molecule has 0 spiro atoms. The Morgan fingerprint density at radius 3 is 2.71 bits per heavy atom. The lowest BCUT2D eigenvalue weighted by Crippen LogP contribution is -2.21. The fourth-order valence-corrected chi connectivity index (χ4v) is 3.95. The van der Waals surface area contributed by atoms with Crippen molar-refractivity contribution in [3.8, 4) is 0 Å². The van der Waals surface area contributed by atoms with Gasteiger partial charge in [-0.25, -0.2) is 4.79 Å². The molecule has 0 radical (unpaired) electrons. The van der Waals surface area contributed by atoms with Crippen LogP contribution < -0.4 is 5.32 Å². The van der Waals surface area contributed by atoms with Gasteiger partial charge in [0.2, 0.25) is 5.91 Å². The number of carbonyl (C=O) groups excluding carboxylic acids is 2. The molecule has 21 heavy (non-hydrogen) atoms. The van der Waals surface area contributed by atoms with Crippen LogP contribution in [-0.4, -0.2) is 19.0 Å². The van der Waals surface area contributed by atoms with Crippen molar-refractivity contribution >= 4 is 17.6 Å². The summed E-state index contributed by atoms with van der Waals surface area (Å²) in [5.74, 6) is 1.68. The molecule has 0 heterocycles. The van der Waals surface area contributed by atoms with Gasteiger partial charge in [0.15, 0.2) is 0 Å². The monoisotopic (exact) mass is 287 g/mol. The maximum Gasteiger partial charge on any atom is 0.339 e. The molecule has 3 atom stereocenters. The fourth-order valence-electron chi connectivity index (χ4n) is 3.95. The Labute approximate surface area is 124 Å². The number of nitrogens with one attached hydrogen (secondary N) is 1. The molecular formula is C17H21NO3. The van der Waals surface area contributed by atoms with Crippen molar-refractivity contribution < 1.29 is 14.3 Å². The van der Waals surface area contributed by atoms with Crippen molar-refractivity contribution in [1.82, 2.24) is 0 Å². The van der Waals surface area contributed by atoms with Crippen molar-refractivity contribution in [2.24, 2.45) is 17.8 Å². The molecule has 1 amide bonds. The fraction of sp³-hybridized carbons (Fsp3) is 0.529. The lowest BCUT2D eigenvalue weighted by Gasteiger charge is -2.21. The molecule has 0 aliphatic heterocycles. The Balaban J connectivity index is 1.64. The van der Waals surface area contributed by atoms with Gasteiger partial charge in [-0.05, 0) is 49.1 Å². The lowest BCUT2D eigenvalue weighted by atomic mass is 9.86. The molecule has 0 saturated heterocycles. The number of benzene rings is 1. The molecule has 2 fully saturated rings. The van der Waals surface area contributed by atoms with E-state index in [0.717, 1.165) is 11.8 Å². The molecule has 1 aromatic carbocycles. The molecule has 4 heteroatoms. The van der Waals surface area contributed by atoms with Crippen molar-refractivity contribution in [3.63, 3.8) is 0 Å². The summed E-state index contributed by atoms with van der Waals surface area (Å²) in [5, 5.41) is 2.87. The summed E-state index contributed by atoms with van der Waals surface area (Å²) in [7, 11) is 1.34. The van der Waals surface area contributed by atoms with E-state index in [1.165, 1.54) is 32.8 Å². The van der Waals surface area contributed by atoms with Gasteiger partial charge in [-0.1, -0.05) is 18.6 Å². The van der Waals surface area contributed by atoms with Crippen molar-refractivity contribution in [1.29, 1.82) is 0 Å². The highest BCUT2D eigenvalue weighted by Crippen LogP contribution is 2.49. The number of hydrogen-bond donors (Lipinski definition) is 1. The summed E-state index contributed by atoms with van der Waals surface area (Å²) >= 11 is 0. The number of rotatable bonds is 4. The van der Waals surface area contributed by atoms with Gasteiger partial charge in [0, 0.05) is 6.42 Å². The van der Waals surface area contributed by atoms with Gasteiger partial charge in [-0.3, -0.25) is 4.79 Å². The van der Waals surface area contributed by atoms with E-state index in [0.29, 0.717) is 23.6 Å². The predicted molar refractivity (Wildman–Crippen MR) is 80.0 cm³/mol. The van der Waals surface area contributed by atoms with Gasteiger partial charge < -0.3 is 10.1 Å². The van der Waals surface area contributed by atoms with Gasteiger partial charge in [0.1, 0.15) is 0 Å². The van der Waals surface area contributed by atoms with Crippen LogP contribution in [0.3, 0.4) is 0 Å². The number of para-hydroxylation sites is 1. The third kappa shape index (κ3) is 2.94. The molecule has 2 saturated carbocycles. The van der Waals surface area contributed by atoms with Crippen LogP contribution >= 0.6 is 0 Å². The first-order valence-corrected chi connectivity index (χ1v) is 7.64. The average Bonchev–Trinajstić information content (AvgIpc) is 3.09. The quantitative estimate of drug-likeness (QED) is 0.865. The van der Waals surface area contributed by atoms with E-state index in [1.54, 1.807) is 24.3 Å². The number of carbonyl (C=O) groups is 2. The molecule has 0 aromatic heterocycles. The third-order valence-corrected chi connectivity index (χ3v) is 4.94. The maximum absolute atomic E-state index is 12.2. The number of methoxy groups -OCH3 is 1. The SMILES string of the molecule is COC(=O)c1ccccc1NC(=O)CC1CC2CCC1C2. The first-order valence-electron chi connectivity index (χ1n) is 7.64. The number of esters is 1. The van der Waals surface area contributed by atoms with Crippen molar-refractivity contribution in [2.45, 2.75) is 32.1 Å². The van der Waals surface area contributed by atoms with Crippen LogP contribution in [0.5, 0.6) is 0 Å². The van der Waals surface area contributed by atoms with Crippen LogP contribution in [0.15, 0.2) is 24.3 Å². The van der Waals surface area contributed by atoms with Crippen LogP contribution in [0.25, 0.3) is 0 Å². The first kappa shape index (κ1) is 14.1. The molecule has 4 nitrogen and oxygen atoms in total. The van der Waals surface area contributed by atoms with E-state index in [9.17, 15) is 9.59 Å². The van der Waals surface area contributed by atoms with Gasteiger partial charge in [0.25, 0.3) is 0 Å². The molecule has 1 N–H and O–H groups in total. The zero-order chi connectivity index (χ0) is 14.8. The van der Waals surface area contributed by atoms with E-state index in [1.807, 2.05) is 0 Å². The van der Waals surface area contributed by atoms with Gasteiger partial charge in [-0.2, -0.15) is 0 Å². The molecule has 1 aromatic rings. The Kier molecular flexibility index (Phi) is 3.95. The number of amides is 1. The molecule has 112 valence electrons. The van der Waals surface area contributed by atoms with E-state index >= 15 is 0 Å². The minimum absolute atomic E-state index is 0.00361. The summed E-state index contributed by atoms with van der Waals surface area (Å²) in [6, 6.07) is 6.97. The first-order chi connectivity index (χ1) is 10.2. The standard InChI is InChI=1S/C17H21NO3/c1-21-17(20)14-4-2-3-5-15(14)18-16(19)10-13-9-11-6-7-12(13)8-11/h2-5,11-13H,6-10H2,1H3,(H,18,19). The highest BCUT2D eigenvalue weighted by molar-refractivity contribution is 6.01. The van der Waals surface area contributed by atoms with Crippen molar-refractivity contribution in [3.05, 3.63) is 29.8 Å². The summed E-state index contributed by atoms with van der Waals surface area (Å²) in [6.45, 7) is 0. The maximum atomic E-state index is 12.2. The average molecular weight is 287 g/mol. The molecular weight excluding hydrogens is 266 g/mol. The highest BCUT2D eigenvalue weighted by atomic mass is 16.5. The van der Waals surface area contributed by atoms with Gasteiger partial charge >= 0.3 is 5.97 Å². The molecule has 2 aliphatic rings. The predicted octanol–water partition coefficient (Wildman–Crippen LogP) is 3.24. The van der Waals surface area contributed by atoms with Crippen LogP contribution in [0, 0.1) is 17.8 Å². The highest BCUT2D eigenvalue weighted by Gasteiger charge is 2.40. The molecule has 2 aliphatic carbocycles. The summed E-state index contributed by atoms with van der Waals surface area (Å²) in [4.78, 5) is 23.9. The Hall–Kier alpha value is -1.84. The van der Waals surface area contributed by atoms with Crippen LogP contribution in [0.2, 0.25) is 0 Å². The van der Waals surface area contributed by atoms with E-state index < -0.39 is 5.97 Å². The number of fused-ring (bicyclic) bond motifs is 2. The number of anilines is 1. The molecule has 3 unspecified atom stereocenters. The normalized spacial score (nSPS) is 26.6. The second-order valence-electron chi connectivity index (χ2n) is 6.22. The molecule has 2 bridgehead atoms. The summed E-state index contributed by atoms with van der Waals surface area (Å²) < 4.78 is 4.74. The van der Waals surface area contributed by atoms with E-state index in [4.69, 9.17) is 4.74 Å². The Morgan fingerprint density at radius 1 is 1.24 bits per heavy atom. The Morgan fingerprint density at radius 2 is 2.05 bits per heavy atom. The minimum Gasteiger partial charge on any atom is -0.465 e. The molecule has 3 rings (SSSR count). The topological polar surface area (TPSA) is 55.4 Å². The zero-order valence-electron chi connectivity index (χ0n) is 12.3.